The van der Waals surface area contributed by atoms with Gasteiger partial charge in [-0.25, -0.2) is 0 Å². The Morgan fingerprint density at radius 2 is 2.10 bits per heavy atom. The molecule has 5 nitrogen and oxygen atoms in total. The number of hydrogen-bond acceptors (Lipinski definition) is 4. The monoisotopic (exact) mass is 307 g/mol. The minimum absolute atomic E-state index is 0.0404. The van der Waals surface area contributed by atoms with Crippen LogP contribution < -0.4 is 11.1 Å². The first-order valence-electron chi connectivity index (χ1n) is 7.11. The van der Waals surface area contributed by atoms with E-state index in [1.807, 2.05) is 31.2 Å². The van der Waals surface area contributed by atoms with Gasteiger partial charge in [0.05, 0.1) is 5.88 Å². The van der Waals surface area contributed by atoms with Gasteiger partial charge < -0.3 is 16.0 Å². The number of thioether (sulfide) groups is 1. The molecular formula is C15H21N3O2S. The molecule has 0 spiro atoms. The van der Waals surface area contributed by atoms with E-state index in [0.29, 0.717) is 24.6 Å². The van der Waals surface area contributed by atoms with Gasteiger partial charge in [-0.1, -0.05) is 19.1 Å². The fourth-order valence-electron chi connectivity index (χ4n) is 2.24. The molecule has 1 unspecified atom stereocenters. The molecule has 2 amide bonds. The first-order chi connectivity index (χ1) is 10.1. The molecule has 0 saturated carbocycles. The van der Waals surface area contributed by atoms with E-state index in [2.05, 4.69) is 5.32 Å². The summed E-state index contributed by atoms with van der Waals surface area (Å²) in [6.45, 7) is 2.39. The van der Waals surface area contributed by atoms with E-state index in [4.69, 9.17) is 5.73 Å². The summed E-state index contributed by atoms with van der Waals surface area (Å²) in [4.78, 5) is 25.6. The SMILES string of the molecule is CCC(=O)N1CSCC1C(=O)NCCc1ccc(N)cc1. The Bertz CT molecular complexity index is 504. The summed E-state index contributed by atoms with van der Waals surface area (Å²) >= 11 is 1.62. The number of carbonyl (C=O) groups is 2. The third-order valence-electron chi connectivity index (χ3n) is 3.50. The largest absolute Gasteiger partial charge is 0.399 e. The zero-order chi connectivity index (χ0) is 15.2. The summed E-state index contributed by atoms with van der Waals surface area (Å²) in [6, 6.07) is 7.30. The lowest BCUT2D eigenvalue weighted by molar-refractivity contribution is -0.137. The van der Waals surface area contributed by atoms with Crippen molar-refractivity contribution in [2.75, 3.05) is 23.9 Å². The Labute approximate surface area is 129 Å². The lowest BCUT2D eigenvalue weighted by Crippen LogP contribution is -2.47. The van der Waals surface area contributed by atoms with Crippen molar-refractivity contribution in [2.45, 2.75) is 25.8 Å². The number of hydrogen-bond donors (Lipinski definition) is 2. The van der Waals surface area contributed by atoms with E-state index >= 15 is 0 Å². The van der Waals surface area contributed by atoms with Gasteiger partial charge in [0, 0.05) is 24.4 Å². The third kappa shape index (κ3) is 4.14. The average molecular weight is 307 g/mol. The second-order valence-corrected chi connectivity index (χ2v) is 6.02. The van der Waals surface area contributed by atoms with Crippen LogP contribution >= 0.6 is 11.8 Å². The highest BCUT2D eigenvalue weighted by atomic mass is 32.2. The number of nitrogen functional groups attached to an aromatic ring is 1. The van der Waals surface area contributed by atoms with Crippen LogP contribution in [0.3, 0.4) is 0 Å². The van der Waals surface area contributed by atoms with Crippen LogP contribution in [0.25, 0.3) is 0 Å². The molecule has 1 aliphatic heterocycles. The first-order valence-corrected chi connectivity index (χ1v) is 8.26. The van der Waals surface area contributed by atoms with Crippen molar-refractivity contribution in [2.24, 2.45) is 0 Å². The number of nitrogens with zero attached hydrogens (tertiary/aromatic N) is 1. The average Bonchev–Trinajstić information content (AvgIpc) is 2.98. The zero-order valence-corrected chi connectivity index (χ0v) is 13.0. The highest BCUT2D eigenvalue weighted by Crippen LogP contribution is 2.21. The molecule has 0 radical (unpaired) electrons. The van der Waals surface area contributed by atoms with Crippen molar-refractivity contribution in [1.82, 2.24) is 10.2 Å². The molecule has 114 valence electrons. The summed E-state index contributed by atoms with van der Waals surface area (Å²) in [5.74, 6) is 1.28. The number of amides is 2. The summed E-state index contributed by atoms with van der Waals surface area (Å²) in [7, 11) is 0. The lowest BCUT2D eigenvalue weighted by Gasteiger charge is -2.22. The van der Waals surface area contributed by atoms with Gasteiger partial charge in [0.2, 0.25) is 11.8 Å². The minimum Gasteiger partial charge on any atom is -0.399 e. The summed E-state index contributed by atoms with van der Waals surface area (Å²) < 4.78 is 0. The van der Waals surface area contributed by atoms with Crippen LogP contribution in [0.4, 0.5) is 5.69 Å². The third-order valence-corrected chi connectivity index (χ3v) is 4.51. The highest BCUT2D eigenvalue weighted by Gasteiger charge is 2.33. The van der Waals surface area contributed by atoms with Crippen LogP contribution in [0.1, 0.15) is 18.9 Å². The van der Waals surface area contributed by atoms with Gasteiger partial charge in [-0.3, -0.25) is 9.59 Å². The topological polar surface area (TPSA) is 75.4 Å². The van der Waals surface area contributed by atoms with Crippen LogP contribution in [0.2, 0.25) is 0 Å². The molecule has 0 aliphatic carbocycles. The van der Waals surface area contributed by atoms with Gasteiger partial charge in [-0.15, -0.1) is 11.8 Å². The number of anilines is 1. The molecule has 2 rings (SSSR count). The maximum absolute atomic E-state index is 12.2. The number of nitrogens with two attached hydrogens (primary N) is 1. The van der Waals surface area contributed by atoms with Crippen molar-refractivity contribution >= 4 is 29.3 Å². The number of carbonyl (C=O) groups excluding carboxylic acids is 2. The van der Waals surface area contributed by atoms with E-state index in [-0.39, 0.29) is 17.9 Å². The molecule has 1 aromatic rings. The van der Waals surface area contributed by atoms with Crippen molar-refractivity contribution in [3.8, 4) is 0 Å². The highest BCUT2D eigenvalue weighted by molar-refractivity contribution is 7.99. The van der Waals surface area contributed by atoms with Gasteiger partial charge >= 0.3 is 0 Å². The van der Waals surface area contributed by atoms with E-state index in [1.165, 1.54) is 0 Å². The van der Waals surface area contributed by atoms with Crippen molar-refractivity contribution < 1.29 is 9.59 Å². The van der Waals surface area contributed by atoms with Crippen molar-refractivity contribution in [1.29, 1.82) is 0 Å². The molecule has 1 heterocycles. The van der Waals surface area contributed by atoms with E-state index in [1.54, 1.807) is 16.7 Å². The normalized spacial score (nSPS) is 17.8. The van der Waals surface area contributed by atoms with Crippen LogP contribution in [0.5, 0.6) is 0 Å². The lowest BCUT2D eigenvalue weighted by atomic mass is 10.1. The molecule has 21 heavy (non-hydrogen) atoms. The smallest absolute Gasteiger partial charge is 0.243 e. The molecule has 1 fully saturated rings. The molecule has 1 saturated heterocycles. The van der Waals surface area contributed by atoms with E-state index < -0.39 is 0 Å². The number of rotatable bonds is 5. The summed E-state index contributed by atoms with van der Waals surface area (Å²) in [5.41, 5.74) is 7.50. The summed E-state index contributed by atoms with van der Waals surface area (Å²) in [5, 5.41) is 2.92. The number of nitrogens with one attached hydrogen (secondary N) is 1. The fourth-order valence-corrected chi connectivity index (χ4v) is 3.42. The van der Waals surface area contributed by atoms with Crippen molar-refractivity contribution in [3.05, 3.63) is 29.8 Å². The molecule has 1 aliphatic rings. The number of benzene rings is 1. The van der Waals surface area contributed by atoms with Gasteiger partial charge in [-0.2, -0.15) is 0 Å². The molecule has 0 aromatic heterocycles. The maximum Gasteiger partial charge on any atom is 0.243 e. The van der Waals surface area contributed by atoms with Crippen LogP contribution in [-0.2, 0) is 16.0 Å². The molecule has 1 aromatic carbocycles. The van der Waals surface area contributed by atoms with E-state index in [0.717, 1.165) is 17.7 Å². The van der Waals surface area contributed by atoms with Gasteiger partial charge in [-0.05, 0) is 24.1 Å². The zero-order valence-electron chi connectivity index (χ0n) is 12.2. The van der Waals surface area contributed by atoms with Gasteiger partial charge in [0.15, 0.2) is 0 Å². The van der Waals surface area contributed by atoms with Gasteiger partial charge in [0.1, 0.15) is 6.04 Å². The molecular weight excluding hydrogens is 286 g/mol. The Morgan fingerprint density at radius 1 is 1.38 bits per heavy atom. The molecule has 6 heteroatoms. The van der Waals surface area contributed by atoms with Gasteiger partial charge in [0.25, 0.3) is 0 Å². The Balaban J connectivity index is 1.81. The second kappa shape index (κ2) is 7.36. The first kappa shape index (κ1) is 15.7. The Kier molecular flexibility index (Phi) is 5.50. The Morgan fingerprint density at radius 3 is 2.76 bits per heavy atom. The minimum atomic E-state index is -0.325. The molecule has 1 atom stereocenters. The van der Waals surface area contributed by atoms with Crippen molar-refractivity contribution in [3.63, 3.8) is 0 Å². The Hall–Kier alpha value is -1.69. The molecule has 3 N–H and O–H groups in total. The van der Waals surface area contributed by atoms with Crippen LogP contribution in [0.15, 0.2) is 24.3 Å². The molecule has 0 bridgehead atoms. The fraction of sp³-hybridized carbons (Fsp3) is 0.467. The maximum atomic E-state index is 12.2. The second-order valence-electron chi connectivity index (χ2n) is 5.02. The predicted molar refractivity (Wildman–Crippen MR) is 85.8 cm³/mol. The predicted octanol–water partition coefficient (Wildman–Crippen LogP) is 1.24. The van der Waals surface area contributed by atoms with Crippen LogP contribution in [-0.4, -0.2) is 40.9 Å². The van der Waals surface area contributed by atoms with Crippen LogP contribution in [0, 0.1) is 0 Å². The van der Waals surface area contributed by atoms with E-state index in [9.17, 15) is 9.59 Å². The summed E-state index contributed by atoms with van der Waals surface area (Å²) in [6.07, 6.45) is 1.20. The standard InChI is InChI=1S/C15H21N3O2S/c1-2-14(19)18-10-21-9-13(18)15(20)17-8-7-11-3-5-12(16)6-4-11/h3-6,13H,2,7-10,16H2,1H3,(H,17,20). The quantitative estimate of drug-likeness (QED) is 0.803.